The minimum absolute atomic E-state index is 0.120. The molecular formula is C19H23N3O2. The SMILES string of the molecule is COc1ccc(C)nc1NC(=O)N1CCCc2ccccc2CC1. The molecule has 0 fully saturated rings. The third-order valence-corrected chi connectivity index (χ3v) is 4.37. The molecule has 2 amide bonds. The zero-order chi connectivity index (χ0) is 16.9. The van der Waals surface area contributed by atoms with Gasteiger partial charge < -0.3 is 9.64 Å². The Balaban J connectivity index is 1.71. The van der Waals surface area contributed by atoms with Crippen molar-refractivity contribution in [2.45, 2.75) is 26.2 Å². The summed E-state index contributed by atoms with van der Waals surface area (Å²) < 4.78 is 5.28. The van der Waals surface area contributed by atoms with E-state index in [1.54, 1.807) is 7.11 Å². The zero-order valence-electron chi connectivity index (χ0n) is 14.2. The lowest BCUT2D eigenvalue weighted by Gasteiger charge is -2.26. The lowest BCUT2D eigenvalue weighted by Crippen LogP contribution is -2.38. The lowest BCUT2D eigenvalue weighted by molar-refractivity contribution is 0.210. The summed E-state index contributed by atoms with van der Waals surface area (Å²) in [5.41, 5.74) is 3.58. The maximum atomic E-state index is 12.6. The van der Waals surface area contributed by atoms with E-state index in [0.717, 1.165) is 31.5 Å². The normalized spacial score (nSPS) is 14.3. The Bertz CT molecular complexity index is 730. The zero-order valence-corrected chi connectivity index (χ0v) is 14.2. The van der Waals surface area contributed by atoms with E-state index in [-0.39, 0.29) is 6.03 Å². The highest BCUT2D eigenvalue weighted by Crippen LogP contribution is 2.22. The van der Waals surface area contributed by atoms with Gasteiger partial charge in [-0.3, -0.25) is 5.32 Å². The molecule has 0 atom stereocenters. The van der Waals surface area contributed by atoms with Crippen LogP contribution in [0.1, 0.15) is 23.2 Å². The van der Waals surface area contributed by atoms with E-state index >= 15 is 0 Å². The maximum absolute atomic E-state index is 12.6. The average molecular weight is 325 g/mol. The number of pyridine rings is 1. The molecule has 0 bridgehead atoms. The number of methoxy groups -OCH3 is 1. The fourth-order valence-corrected chi connectivity index (χ4v) is 3.05. The van der Waals surface area contributed by atoms with Crippen LogP contribution in [-0.2, 0) is 12.8 Å². The molecular weight excluding hydrogens is 302 g/mol. The van der Waals surface area contributed by atoms with Crippen molar-refractivity contribution in [1.82, 2.24) is 9.88 Å². The molecule has 0 unspecified atom stereocenters. The van der Waals surface area contributed by atoms with E-state index in [0.29, 0.717) is 18.1 Å². The summed E-state index contributed by atoms with van der Waals surface area (Å²) in [4.78, 5) is 18.9. The Morgan fingerprint density at radius 2 is 1.88 bits per heavy atom. The molecule has 2 heterocycles. The first kappa shape index (κ1) is 16.3. The molecule has 5 heteroatoms. The van der Waals surface area contributed by atoms with Crippen molar-refractivity contribution in [2.24, 2.45) is 0 Å². The van der Waals surface area contributed by atoms with Gasteiger partial charge in [0.15, 0.2) is 11.6 Å². The molecule has 1 aromatic heterocycles. The van der Waals surface area contributed by atoms with Gasteiger partial charge in [0, 0.05) is 18.8 Å². The molecule has 1 aromatic carbocycles. The number of anilines is 1. The number of carbonyl (C=O) groups is 1. The van der Waals surface area contributed by atoms with Crippen LogP contribution >= 0.6 is 0 Å². The quantitative estimate of drug-likeness (QED) is 0.920. The van der Waals surface area contributed by atoms with Crippen LogP contribution in [0.4, 0.5) is 10.6 Å². The summed E-state index contributed by atoms with van der Waals surface area (Å²) in [7, 11) is 1.58. The number of hydrogen-bond acceptors (Lipinski definition) is 3. The van der Waals surface area contributed by atoms with Crippen LogP contribution in [0.5, 0.6) is 5.75 Å². The molecule has 0 saturated carbocycles. The van der Waals surface area contributed by atoms with E-state index in [4.69, 9.17) is 4.74 Å². The van der Waals surface area contributed by atoms with E-state index in [1.807, 2.05) is 24.0 Å². The minimum Gasteiger partial charge on any atom is -0.493 e. The molecule has 1 aliphatic rings. The van der Waals surface area contributed by atoms with Gasteiger partial charge in [-0.25, -0.2) is 9.78 Å². The van der Waals surface area contributed by atoms with Crippen molar-refractivity contribution in [2.75, 3.05) is 25.5 Å². The summed E-state index contributed by atoms with van der Waals surface area (Å²) in [5, 5.41) is 2.90. The minimum atomic E-state index is -0.120. The summed E-state index contributed by atoms with van der Waals surface area (Å²) in [6.07, 6.45) is 2.84. The molecule has 2 aromatic rings. The monoisotopic (exact) mass is 325 g/mol. The molecule has 0 spiro atoms. The van der Waals surface area contributed by atoms with E-state index < -0.39 is 0 Å². The van der Waals surface area contributed by atoms with Crippen LogP contribution in [0.2, 0.25) is 0 Å². The Morgan fingerprint density at radius 1 is 1.12 bits per heavy atom. The van der Waals surface area contributed by atoms with Crippen LogP contribution in [-0.4, -0.2) is 36.1 Å². The first-order valence-corrected chi connectivity index (χ1v) is 8.31. The van der Waals surface area contributed by atoms with Crippen molar-refractivity contribution in [3.8, 4) is 5.75 Å². The number of nitrogens with one attached hydrogen (secondary N) is 1. The smallest absolute Gasteiger partial charge is 0.323 e. The second-order valence-corrected chi connectivity index (χ2v) is 6.04. The maximum Gasteiger partial charge on any atom is 0.323 e. The lowest BCUT2D eigenvalue weighted by atomic mass is 9.98. The predicted molar refractivity (Wildman–Crippen MR) is 94.6 cm³/mol. The number of ether oxygens (including phenoxy) is 1. The largest absolute Gasteiger partial charge is 0.493 e. The molecule has 0 aliphatic carbocycles. The van der Waals surface area contributed by atoms with Gasteiger partial charge in [-0.2, -0.15) is 0 Å². The van der Waals surface area contributed by atoms with Gasteiger partial charge in [-0.15, -0.1) is 0 Å². The number of hydrogen-bond donors (Lipinski definition) is 1. The van der Waals surface area contributed by atoms with Crippen molar-refractivity contribution >= 4 is 11.8 Å². The molecule has 0 saturated heterocycles. The Hall–Kier alpha value is -2.56. The van der Waals surface area contributed by atoms with Gasteiger partial charge in [0.25, 0.3) is 0 Å². The van der Waals surface area contributed by atoms with Crippen LogP contribution in [0.25, 0.3) is 0 Å². The number of aryl methyl sites for hydroxylation is 2. The average Bonchev–Trinajstić information content (AvgIpc) is 2.56. The fraction of sp³-hybridized carbons (Fsp3) is 0.368. The van der Waals surface area contributed by atoms with E-state index in [2.05, 4.69) is 34.6 Å². The summed E-state index contributed by atoms with van der Waals surface area (Å²) >= 11 is 0. The van der Waals surface area contributed by atoms with Gasteiger partial charge in [-0.1, -0.05) is 24.3 Å². The van der Waals surface area contributed by atoms with Gasteiger partial charge in [0.2, 0.25) is 0 Å². The number of fused-ring (bicyclic) bond motifs is 1. The van der Waals surface area contributed by atoms with Gasteiger partial charge in [-0.05, 0) is 49.4 Å². The Labute approximate surface area is 142 Å². The Kier molecular flexibility index (Phi) is 4.99. The summed E-state index contributed by atoms with van der Waals surface area (Å²) in [5.74, 6) is 1.05. The molecule has 0 radical (unpaired) electrons. The van der Waals surface area contributed by atoms with E-state index in [1.165, 1.54) is 11.1 Å². The van der Waals surface area contributed by atoms with Crippen molar-refractivity contribution < 1.29 is 9.53 Å². The number of amides is 2. The van der Waals surface area contributed by atoms with E-state index in [9.17, 15) is 4.79 Å². The summed E-state index contributed by atoms with van der Waals surface area (Å²) in [6, 6.07) is 12.1. The predicted octanol–water partition coefficient (Wildman–Crippen LogP) is 3.42. The molecule has 24 heavy (non-hydrogen) atoms. The number of nitrogens with zero attached hydrogens (tertiary/aromatic N) is 2. The van der Waals surface area contributed by atoms with Crippen LogP contribution in [0.15, 0.2) is 36.4 Å². The Morgan fingerprint density at radius 3 is 2.62 bits per heavy atom. The number of rotatable bonds is 2. The third kappa shape index (κ3) is 3.67. The van der Waals surface area contributed by atoms with Crippen molar-refractivity contribution in [1.29, 1.82) is 0 Å². The molecule has 5 nitrogen and oxygen atoms in total. The van der Waals surface area contributed by atoms with Crippen LogP contribution in [0.3, 0.4) is 0 Å². The number of urea groups is 1. The molecule has 1 aliphatic heterocycles. The number of carbonyl (C=O) groups excluding carboxylic acids is 1. The van der Waals surface area contributed by atoms with Crippen LogP contribution in [0, 0.1) is 6.92 Å². The fourth-order valence-electron chi connectivity index (χ4n) is 3.05. The second kappa shape index (κ2) is 7.34. The van der Waals surface area contributed by atoms with Gasteiger partial charge in [0.05, 0.1) is 7.11 Å². The highest BCUT2D eigenvalue weighted by molar-refractivity contribution is 5.89. The van der Waals surface area contributed by atoms with Gasteiger partial charge in [0.1, 0.15) is 0 Å². The van der Waals surface area contributed by atoms with Gasteiger partial charge >= 0.3 is 6.03 Å². The topological polar surface area (TPSA) is 54.5 Å². The second-order valence-electron chi connectivity index (χ2n) is 6.04. The highest BCUT2D eigenvalue weighted by Gasteiger charge is 2.18. The molecule has 126 valence electrons. The summed E-state index contributed by atoms with van der Waals surface area (Å²) in [6.45, 7) is 3.34. The standard InChI is InChI=1S/C19H23N3O2/c1-14-9-10-17(24-2)18(20-14)21-19(23)22-12-5-8-15-6-3-4-7-16(15)11-13-22/h3-4,6-7,9-10H,5,8,11-13H2,1-2H3,(H,20,21,23). The third-order valence-electron chi connectivity index (χ3n) is 4.37. The number of aromatic nitrogens is 1. The highest BCUT2D eigenvalue weighted by atomic mass is 16.5. The molecule has 1 N–H and O–H groups in total. The first-order chi connectivity index (χ1) is 11.7. The number of benzene rings is 1. The van der Waals surface area contributed by atoms with Crippen LogP contribution < -0.4 is 10.1 Å². The van der Waals surface area contributed by atoms with Crippen molar-refractivity contribution in [3.05, 3.63) is 53.2 Å². The first-order valence-electron chi connectivity index (χ1n) is 8.31. The van der Waals surface area contributed by atoms with Crippen molar-refractivity contribution in [3.63, 3.8) is 0 Å². The molecule has 3 rings (SSSR count).